The lowest BCUT2D eigenvalue weighted by molar-refractivity contribution is -0.143. The summed E-state index contributed by atoms with van der Waals surface area (Å²) in [6.07, 6.45) is 6.07. The van der Waals surface area contributed by atoms with Crippen LogP contribution in [0, 0.1) is 0 Å². The second-order valence-electron chi connectivity index (χ2n) is 6.00. The summed E-state index contributed by atoms with van der Waals surface area (Å²) in [4.78, 5) is 27.0. The molecule has 0 aromatic heterocycles. The maximum atomic E-state index is 12.9. The number of carbonyl (C=O) groups is 2. The van der Waals surface area contributed by atoms with E-state index in [9.17, 15) is 9.59 Å². The Hall–Kier alpha value is -0.810. The third kappa shape index (κ3) is 5.13. The smallest absolute Gasteiger partial charge is 0.248 e. The van der Waals surface area contributed by atoms with Gasteiger partial charge in [0.05, 0.1) is 6.04 Å². The maximum absolute atomic E-state index is 12.9. The van der Waals surface area contributed by atoms with E-state index in [1.54, 1.807) is 0 Å². The molecule has 0 bridgehead atoms. The molecule has 0 heterocycles. The Morgan fingerprint density at radius 1 is 1.14 bits per heavy atom. The molecule has 1 aliphatic carbocycles. The molecule has 3 N–H and O–H groups in total. The number of halogens is 1. The van der Waals surface area contributed by atoms with Gasteiger partial charge in [-0.25, -0.2) is 0 Å². The van der Waals surface area contributed by atoms with Crippen LogP contribution in [0.1, 0.15) is 65.7 Å². The minimum Gasteiger partial charge on any atom is -0.341 e. The van der Waals surface area contributed by atoms with E-state index >= 15 is 0 Å². The standard InChI is InChI=1S/C16H31N3O2.ClH/c1-4-10-13(17)14(20)18-16(11-8-7-9-12-16)15(21)19(5-2)6-3;/h13H,4-12,17H2,1-3H3,(H,18,20);1H. The lowest BCUT2D eigenvalue weighted by atomic mass is 9.80. The average Bonchev–Trinajstić information content (AvgIpc) is 2.49. The highest BCUT2D eigenvalue weighted by Gasteiger charge is 2.43. The average molecular weight is 334 g/mol. The molecular weight excluding hydrogens is 302 g/mol. The van der Waals surface area contributed by atoms with Gasteiger partial charge in [-0.2, -0.15) is 0 Å². The summed E-state index contributed by atoms with van der Waals surface area (Å²) in [6, 6.07) is -0.515. The van der Waals surface area contributed by atoms with Crippen molar-refractivity contribution in [2.75, 3.05) is 13.1 Å². The Balaban J connectivity index is 0.00000441. The Morgan fingerprint density at radius 3 is 2.14 bits per heavy atom. The zero-order valence-corrected chi connectivity index (χ0v) is 15.0. The van der Waals surface area contributed by atoms with E-state index in [2.05, 4.69) is 5.32 Å². The molecule has 6 heteroatoms. The molecule has 22 heavy (non-hydrogen) atoms. The largest absolute Gasteiger partial charge is 0.341 e. The van der Waals surface area contributed by atoms with Crippen LogP contribution in [0.15, 0.2) is 0 Å². The van der Waals surface area contributed by atoms with Crippen molar-refractivity contribution in [3.8, 4) is 0 Å². The van der Waals surface area contributed by atoms with E-state index in [1.165, 1.54) is 0 Å². The van der Waals surface area contributed by atoms with Crippen molar-refractivity contribution in [1.82, 2.24) is 10.2 Å². The predicted octanol–water partition coefficient (Wildman–Crippen LogP) is 2.22. The Kier molecular flexibility index (Phi) is 9.69. The van der Waals surface area contributed by atoms with Gasteiger partial charge in [-0.15, -0.1) is 12.4 Å². The highest BCUT2D eigenvalue weighted by atomic mass is 35.5. The topological polar surface area (TPSA) is 75.4 Å². The van der Waals surface area contributed by atoms with Crippen molar-refractivity contribution < 1.29 is 9.59 Å². The fourth-order valence-electron chi connectivity index (χ4n) is 3.13. The van der Waals surface area contributed by atoms with Crippen LogP contribution in [0.2, 0.25) is 0 Å². The van der Waals surface area contributed by atoms with Gasteiger partial charge >= 0.3 is 0 Å². The summed E-state index contributed by atoms with van der Waals surface area (Å²) < 4.78 is 0. The van der Waals surface area contributed by atoms with Crippen LogP contribution < -0.4 is 11.1 Å². The molecule has 1 rings (SSSR count). The predicted molar refractivity (Wildman–Crippen MR) is 92.0 cm³/mol. The fourth-order valence-corrected chi connectivity index (χ4v) is 3.13. The third-order valence-electron chi connectivity index (χ3n) is 4.47. The minimum absolute atomic E-state index is 0. The number of nitrogens with zero attached hydrogens (tertiary/aromatic N) is 1. The summed E-state index contributed by atoms with van der Waals surface area (Å²) >= 11 is 0. The van der Waals surface area contributed by atoms with Crippen molar-refractivity contribution in [2.24, 2.45) is 5.73 Å². The van der Waals surface area contributed by atoms with Crippen molar-refractivity contribution in [1.29, 1.82) is 0 Å². The number of amides is 2. The highest BCUT2D eigenvalue weighted by Crippen LogP contribution is 2.30. The van der Waals surface area contributed by atoms with Crippen LogP contribution >= 0.6 is 12.4 Å². The van der Waals surface area contributed by atoms with Gasteiger partial charge in [-0.1, -0.05) is 32.6 Å². The molecule has 1 fully saturated rings. The first-order valence-electron chi connectivity index (χ1n) is 8.37. The molecular formula is C16H32ClN3O2. The second kappa shape index (κ2) is 10.1. The van der Waals surface area contributed by atoms with E-state index in [-0.39, 0.29) is 24.2 Å². The molecule has 0 aromatic carbocycles. The summed E-state index contributed by atoms with van der Waals surface area (Å²) in [7, 11) is 0. The lowest BCUT2D eigenvalue weighted by Crippen LogP contribution is -2.62. The molecule has 0 aromatic rings. The summed E-state index contributed by atoms with van der Waals surface area (Å²) in [5, 5.41) is 3.01. The zero-order chi connectivity index (χ0) is 15.9. The maximum Gasteiger partial charge on any atom is 0.248 e. The van der Waals surface area contributed by atoms with Crippen LogP contribution in [-0.2, 0) is 9.59 Å². The van der Waals surface area contributed by atoms with Gasteiger partial charge in [0, 0.05) is 13.1 Å². The number of likely N-dealkylation sites (N-methyl/N-ethyl adjacent to an activating group) is 1. The van der Waals surface area contributed by atoms with E-state index in [4.69, 9.17) is 5.73 Å². The summed E-state index contributed by atoms with van der Waals surface area (Å²) in [5.74, 6) is -0.122. The van der Waals surface area contributed by atoms with Crippen LogP contribution in [0.5, 0.6) is 0 Å². The molecule has 5 nitrogen and oxygen atoms in total. The van der Waals surface area contributed by atoms with Crippen LogP contribution in [0.25, 0.3) is 0 Å². The van der Waals surface area contributed by atoms with E-state index in [0.29, 0.717) is 19.5 Å². The van der Waals surface area contributed by atoms with Crippen molar-refractivity contribution >= 4 is 24.2 Å². The zero-order valence-electron chi connectivity index (χ0n) is 14.2. The van der Waals surface area contributed by atoms with Crippen LogP contribution in [0.4, 0.5) is 0 Å². The molecule has 1 aliphatic rings. The monoisotopic (exact) mass is 333 g/mol. The number of nitrogens with one attached hydrogen (secondary N) is 1. The summed E-state index contributed by atoms with van der Waals surface area (Å²) in [6.45, 7) is 7.30. The van der Waals surface area contributed by atoms with Crippen molar-refractivity contribution in [3.05, 3.63) is 0 Å². The third-order valence-corrected chi connectivity index (χ3v) is 4.47. The molecule has 0 aliphatic heterocycles. The first-order chi connectivity index (χ1) is 10.0. The number of carbonyl (C=O) groups excluding carboxylic acids is 2. The molecule has 130 valence electrons. The molecule has 0 saturated heterocycles. The van der Waals surface area contributed by atoms with Gasteiger partial charge in [0.15, 0.2) is 0 Å². The molecule has 2 amide bonds. The molecule has 0 spiro atoms. The minimum atomic E-state index is -0.729. The Labute approximate surface area is 140 Å². The van der Waals surface area contributed by atoms with E-state index < -0.39 is 11.6 Å². The van der Waals surface area contributed by atoms with E-state index in [0.717, 1.165) is 38.5 Å². The molecule has 1 unspecified atom stereocenters. The van der Waals surface area contributed by atoms with Gasteiger partial charge in [0.25, 0.3) is 0 Å². The fraction of sp³-hybridized carbons (Fsp3) is 0.875. The lowest BCUT2D eigenvalue weighted by Gasteiger charge is -2.40. The Bertz CT molecular complexity index is 353. The number of hydrogen-bond acceptors (Lipinski definition) is 3. The van der Waals surface area contributed by atoms with Crippen molar-refractivity contribution in [3.63, 3.8) is 0 Å². The highest BCUT2D eigenvalue weighted by molar-refractivity contribution is 5.93. The van der Waals surface area contributed by atoms with Crippen LogP contribution in [0.3, 0.4) is 0 Å². The number of rotatable bonds is 7. The van der Waals surface area contributed by atoms with Gasteiger partial charge in [0.1, 0.15) is 5.54 Å². The van der Waals surface area contributed by atoms with Gasteiger partial charge in [-0.3, -0.25) is 9.59 Å². The van der Waals surface area contributed by atoms with Crippen molar-refractivity contribution in [2.45, 2.75) is 77.3 Å². The first-order valence-corrected chi connectivity index (χ1v) is 8.37. The number of hydrogen-bond donors (Lipinski definition) is 2. The van der Waals surface area contributed by atoms with Gasteiger partial charge in [-0.05, 0) is 33.1 Å². The van der Waals surface area contributed by atoms with Crippen LogP contribution in [-0.4, -0.2) is 41.4 Å². The quantitative estimate of drug-likeness (QED) is 0.750. The molecule has 1 atom stereocenters. The van der Waals surface area contributed by atoms with E-state index in [1.807, 2.05) is 25.7 Å². The molecule has 0 radical (unpaired) electrons. The normalized spacial score (nSPS) is 18.0. The SMILES string of the molecule is CCCC(N)C(=O)NC1(C(=O)N(CC)CC)CCCCC1.Cl. The number of nitrogens with two attached hydrogens (primary N) is 1. The first kappa shape index (κ1) is 21.2. The van der Waals surface area contributed by atoms with Gasteiger partial charge < -0.3 is 16.0 Å². The van der Waals surface area contributed by atoms with Gasteiger partial charge in [0.2, 0.25) is 11.8 Å². The summed E-state index contributed by atoms with van der Waals surface area (Å²) in [5.41, 5.74) is 5.18. The second-order valence-corrected chi connectivity index (χ2v) is 6.00. The molecule has 1 saturated carbocycles. The Morgan fingerprint density at radius 2 is 1.68 bits per heavy atom.